The molecule has 13 aromatic rings. The fourth-order valence-corrected chi connectivity index (χ4v) is 11.6. The van der Waals surface area contributed by atoms with Gasteiger partial charge in [-0.05, 0) is 127 Å². The monoisotopic (exact) mass is 942 g/mol. The molecule has 13 rings (SSSR count). The van der Waals surface area contributed by atoms with Gasteiger partial charge in [-0.25, -0.2) is 8.42 Å². The second-order valence-corrected chi connectivity index (χ2v) is 20.6. The Bertz CT molecular complexity index is 4190. The van der Waals surface area contributed by atoms with Crippen molar-refractivity contribution in [1.82, 2.24) is 4.57 Å². The molecule has 0 fully saturated rings. The van der Waals surface area contributed by atoms with E-state index in [1.165, 1.54) is 22.6 Å². The van der Waals surface area contributed by atoms with Crippen molar-refractivity contribution >= 4 is 81.0 Å². The van der Waals surface area contributed by atoms with Crippen molar-refractivity contribution < 1.29 is 8.42 Å². The first-order chi connectivity index (χ1) is 35.4. The maximum Gasteiger partial charge on any atom is 0.175 e. The largest absolute Gasteiger partial charge is 0.309 e. The fraction of sp³-hybridized carbons (Fsp3) is 0.0149. The van der Waals surface area contributed by atoms with E-state index >= 15 is 0 Å². The minimum atomic E-state index is -3.56. The summed E-state index contributed by atoms with van der Waals surface area (Å²) in [4.78, 5) is 2.51. The maximum absolute atomic E-state index is 13.4. The van der Waals surface area contributed by atoms with Gasteiger partial charge in [-0.3, -0.25) is 0 Å². The average Bonchev–Trinajstić information content (AvgIpc) is 3.76. The zero-order valence-electron chi connectivity index (χ0n) is 39.4. The van der Waals surface area contributed by atoms with E-state index in [0.717, 1.165) is 105 Å². The highest BCUT2D eigenvalue weighted by Gasteiger charge is 2.24. The molecule has 5 heteroatoms. The highest BCUT2D eigenvalue weighted by Crippen LogP contribution is 2.49. The van der Waals surface area contributed by atoms with Gasteiger partial charge in [0.25, 0.3) is 0 Å². The van der Waals surface area contributed by atoms with E-state index in [0.29, 0.717) is 0 Å². The van der Waals surface area contributed by atoms with E-state index in [1.54, 1.807) is 6.07 Å². The average molecular weight is 943 g/mol. The summed E-state index contributed by atoms with van der Waals surface area (Å²) in [5.41, 5.74) is 15.0. The highest BCUT2D eigenvalue weighted by molar-refractivity contribution is 7.90. The van der Waals surface area contributed by atoms with E-state index in [4.69, 9.17) is 0 Å². The molecule has 0 bridgehead atoms. The van der Waals surface area contributed by atoms with Crippen LogP contribution in [0.2, 0.25) is 0 Å². The molecule has 72 heavy (non-hydrogen) atoms. The first-order valence-corrected chi connectivity index (χ1v) is 26.2. The number of benzene rings is 12. The Morgan fingerprint density at radius 1 is 0.347 bits per heavy atom. The molecular weight excluding hydrogens is 897 g/mol. The van der Waals surface area contributed by atoms with Crippen molar-refractivity contribution in [3.8, 4) is 50.2 Å². The molecule has 0 radical (unpaired) electrons. The van der Waals surface area contributed by atoms with Gasteiger partial charge in [0.2, 0.25) is 0 Å². The van der Waals surface area contributed by atoms with Crippen molar-refractivity contribution in [2.45, 2.75) is 4.90 Å². The molecule has 342 valence electrons. The van der Waals surface area contributed by atoms with Crippen molar-refractivity contribution in [2.75, 3.05) is 11.2 Å². The Labute approximate surface area is 418 Å². The molecule has 0 spiro atoms. The third kappa shape index (κ3) is 7.41. The second kappa shape index (κ2) is 17.4. The molecule has 0 saturated carbocycles. The number of hydrogen-bond donors (Lipinski definition) is 0. The molecular formula is C67H46N2O2S. The van der Waals surface area contributed by atoms with Gasteiger partial charge < -0.3 is 9.47 Å². The molecule has 0 amide bonds. The molecule has 0 aliphatic rings. The first-order valence-electron chi connectivity index (χ1n) is 24.3. The molecule has 1 heterocycles. The van der Waals surface area contributed by atoms with Crippen LogP contribution in [0.25, 0.3) is 104 Å². The lowest BCUT2D eigenvalue weighted by atomic mass is 9.89. The molecule has 0 saturated heterocycles. The number of aromatic nitrogens is 1. The summed E-state index contributed by atoms with van der Waals surface area (Å²) in [5, 5.41) is 9.02. The van der Waals surface area contributed by atoms with Gasteiger partial charge in [-0.1, -0.05) is 200 Å². The van der Waals surface area contributed by atoms with Crippen molar-refractivity contribution in [2.24, 2.45) is 0 Å². The number of anilines is 3. The van der Waals surface area contributed by atoms with Crippen molar-refractivity contribution in [1.29, 1.82) is 0 Å². The Balaban J connectivity index is 1.03. The second-order valence-electron chi connectivity index (χ2n) is 18.6. The predicted molar refractivity (Wildman–Crippen MR) is 303 cm³/mol. The third-order valence-corrected chi connectivity index (χ3v) is 15.3. The van der Waals surface area contributed by atoms with Crippen LogP contribution in [0, 0.1) is 0 Å². The summed E-state index contributed by atoms with van der Waals surface area (Å²) in [6.45, 7) is 0. The molecule has 0 aliphatic carbocycles. The van der Waals surface area contributed by atoms with Crippen LogP contribution in [0.1, 0.15) is 0 Å². The summed E-state index contributed by atoms with van der Waals surface area (Å²) in [5.74, 6) is 0. The van der Waals surface area contributed by atoms with Gasteiger partial charge in [0.1, 0.15) is 0 Å². The van der Waals surface area contributed by atoms with Gasteiger partial charge >= 0.3 is 0 Å². The van der Waals surface area contributed by atoms with Crippen LogP contribution in [-0.2, 0) is 9.84 Å². The fourth-order valence-electron chi connectivity index (χ4n) is 10.9. The van der Waals surface area contributed by atoms with Gasteiger partial charge in [0.05, 0.1) is 21.6 Å². The number of sulfone groups is 1. The minimum absolute atomic E-state index is 0.253. The van der Waals surface area contributed by atoms with Crippen molar-refractivity contribution in [3.05, 3.63) is 261 Å². The van der Waals surface area contributed by atoms with E-state index < -0.39 is 9.84 Å². The molecule has 0 aliphatic heterocycles. The van der Waals surface area contributed by atoms with Crippen LogP contribution < -0.4 is 4.90 Å². The van der Waals surface area contributed by atoms with E-state index in [-0.39, 0.29) is 4.90 Å². The SMILES string of the molecule is CS(=O)(=O)c1cccc(N(c2cccc(-n3c4ccc(-c5ccccc5)cc4c4cc(-c5ccccc5)ccc43)c2)c2c3ccccc3c(-c3ccc(-c4cccc5ccccc45)cc3)c3ccccc23)c1. The molecule has 0 atom stereocenters. The lowest BCUT2D eigenvalue weighted by Gasteiger charge is -2.30. The van der Waals surface area contributed by atoms with Crippen LogP contribution in [0.15, 0.2) is 266 Å². The Hall–Kier alpha value is -9.03. The summed E-state index contributed by atoms with van der Waals surface area (Å²) in [6, 6.07) is 91.9. The van der Waals surface area contributed by atoms with Crippen molar-refractivity contribution in [3.63, 3.8) is 0 Å². The van der Waals surface area contributed by atoms with E-state index in [2.05, 4.69) is 246 Å². The Morgan fingerprint density at radius 3 is 1.42 bits per heavy atom. The summed E-state index contributed by atoms with van der Waals surface area (Å²) < 4.78 is 29.1. The topological polar surface area (TPSA) is 42.3 Å². The zero-order valence-corrected chi connectivity index (χ0v) is 40.3. The van der Waals surface area contributed by atoms with Crippen LogP contribution in [0.4, 0.5) is 17.1 Å². The standard InChI is InChI=1S/C67H46N2O2S/c1-72(70,71)55-26-16-25-54(44-55)68(67-60-30-12-10-28-58(60)66(59-29-11-13-31-61(59)67)49-35-33-48(34-36-49)57-32-14-22-47-21-8-9-27-56(47)57)52-23-15-24-53(43-52)69-64-39-37-50(45-17-4-2-5-18-45)41-62(64)63-42-51(38-40-65(63)69)46-19-6-3-7-20-46/h2-44H,1H3. The van der Waals surface area contributed by atoms with Crippen LogP contribution in [-0.4, -0.2) is 19.2 Å². The highest BCUT2D eigenvalue weighted by atomic mass is 32.2. The van der Waals surface area contributed by atoms with Crippen LogP contribution in [0.3, 0.4) is 0 Å². The Kier molecular flexibility index (Phi) is 10.4. The molecule has 0 N–H and O–H groups in total. The Morgan fingerprint density at radius 2 is 0.819 bits per heavy atom. The lowest BCUT2D eigenvalue weighted by molar-refractivity contribution is 0.602. The van der Waals surface area contributed by atoms with Gasteiger partial charge in [0, 0.05) is 44.9 Å². The van der Waals surface area contributed by atoms with E-state index in [9.17, 15) is 8.42 Å². The number of fused-ring (bicyclic) bond motifs is 6. The van der Waals surface area contributed by atoms with Crippen LogP contribution >= 0.6 is 0 Å². The summed E-state index contributed by atoms with van der Waals surface area (Å²) in [6.07, 6.45) is 1.27. The maximum atomic E-state index is 13.4. The number of rotatable bonds is 9. The summed E-state index contributed by atoms with van der Waals surface area (Å²) in [7, 11) is -3.56. The molecule has 1 aromatic heterocycles. The quantitative estimate of drug-likeness (QED) is 0.135. The smallest absolute Gasteiger partial charge is 0.175 e. The van der Waals surface area contributed by atoms with Gasteiger partial charge in [0.15, 0.2) is 9.84 Å². The van der Waals surface area contributed by atoms with Gasteiger partial charge in [-0.15, -0.1) is 0 Å². The molecule has 0 unspecified atom stereocenters. The minimum Gasteiger partial charge on any atom is -0.309 e. The molecule has 12 aromatic carbocycles. The van der Waals surface area contributed by atoms with E-state index in [1.807, 2.05) is 18.2 Å². The summed E-state index contributed by atoms with van der Waals surface area (Å²) >= 11 is 0. The first kappa shape index (κ1) is 43.0. The molecule has 4 nitrogen and oxygen atoms in total. The predicted octanol–water partition coefficient (Wildman–Crippen LogP) is 17.8. The third-order valence-electron chi connectivity index (χ3n) is 14.2. The zero-order chi connectivity index (χ0) is 48.3. The number of nitrogens with zero attached hydrogens (tertiary/aromatic N) is 2. The van der Waals surface area contributed by atoms with Crippen LogP contribution in [0.5, 0.6) is 0 Å². The van der Waals surface area contributed by atoms with Gasteiger partial charge in [-0.2, -0.15) is 0 Å². The lowest BCUT2D eigenvalue weighted by Crippen LogP contribution is -2.13. The normalized spacial score (nSPS) is 11.8. The number of hydrogen-bond acceptors (Lipinski definition) is 3.